The lowest BCUT2D eigenvalue weighted by atomic mass is 10.0. The van der Waals surface area contributed by atoms with Gasteiger partial charge in [-0.15, -0.1) is 0 Å². The van der Waals surface area contributed by atoms with Gasteiger partial charge < -0.3 is 4.90 Å². The van der Waals surface area contributed by atoms with Gasteiger partial charge in [-0.2, -0.15) is 0 Å². The van der Waals surface area contributed by atoms with Gasteiger partial charge in [-0.3, -0.25) is 4.79 Å². The molecule has 0 aliphatic carbocycles. The highest BCUT2D eigenvalue weighted by Crippen LogP contribution is 2.23. The normalized spacial score (nSPS) is 20.8. The minimum Gasteiger partial charge on any atom is -0.341 e. The zero-order chi connectivity index (χ0) is 14.8. The Hall–Kier alpha value is -0.880. The zero-order valence-electron chi connectivity index (χ0n) is 11.4. The summed E-state index contributed by atoms with van der Waals surface area (Å²) in [6.07, 6.45) is 0.928. The van der Waals surface area contributed by atoms with Gasteiger partial charge in [0.2, 0.25) is 5.91 Å². The Balaban J connectivity index is 1.91. The van der Waals surface area contributed by atoms with Crippen LogP contribution in [-0.4, -0.2) is 37.8 Å². The average molecular weight is 360 g/mol. The predicted octanol–water partition coefficient (Wildman–Crippen LogP) is 2.23. The molecule has 0 bridgehead atoms. The van der Waals surface area contributed by atoms with Gasteiger partial charge in [0.15, 0.2) is 9.84 Å². The van der Waals surface area contributed by atoms with Crippen LogP contribution in [0, 0.1) is 5.92 Å². The van der Waals surface area contributed by atoms with Gasteiger partial charge >= 0.3 is 0 Å². The van der Waals surface area contributed by atoms with Crippen molar-refractivity contribution in [2.75, 3.05) is 18.6 Å². The molecule has 0 spiro atoms. The quantitative estimate of drug-likeness (QED) is 0.828. The first-order valence-corrected chi connectivity index (χ1v) is 9.16. The Bertz CT molecular complexity index is 600. The fourth-order valence-electron chi connectivity index (χ4n) is 2.41. The van der Waals surface area contributed by atoms with E-state index in [4.69, 9.17) is 0 Å². The summed E-state index contributed by atoms with van der Waals surface area (Å²) in [5.74, 6) is 0.359. The minimum atomic E-state index is -2.91. The number of sulfone groups is 1. The smallest absolute Gasteiger partial charge is 0.222 e. The molecule has 0 saturated carbocycles. The van der Waals surface area contributed by atoms with E-state index in [0.29, 0.717) is 19.4 Å². The second-order valence-electron chi connectivity index (χ2n) is 5.31. The van der Waals surface area contributed by atoms with E-state index < -0.39 is 9.84 Å². The lowest BCUT2D eigenvalue weighted by Crippen LogP contribution is -2.28. The maximum Gasteiger partial charge on any atom is 0.222 e. The van der Waals surface area contributed by atoms with Gasteiger partial charge in [-0.25, -0.2) is 8.42 Å². The fourth-order valence-corrected chi connectivity index (χ4v) is 4.68. The van der Waals surface area contributed by atoms with E-state index in [1.807, 2.05) is 24.3 Å². The van der Waals surface area contributed by atoms with E-state index >= 15 is 0 Å². The summed E-state index contributed by atoms with van der Waals surface area (Å²) in [5, 5.41) is 0. The van der Waals surface area contributed by atoms with Crippen LogP contribution < -0.4 is 0 Å². The number of rotatable bonds is 4. The van der Waals surface area contributed by atoms with Crippen molar-refractivity contribution >= 4 is 31.7 Å². The first kappa shape index (κ1) is 15.5. The molecule has 0 N–H and O–H groups in total. The van der Waals surface area contributed by atoms with Crippen LogP contribution in [-0.2, 0) is 21.2 Å². The first-order chi connectivity index (χ1) is 9.37. The number of carbonyl (C=O) groups is 1. The molecule has 1 aromatic rings. The van der Waals surface area contributed by atoms with Crippen molar-refractivity contribution in [3.8, 4) is 0 Å². The molecule has 0 radical (unpaired) electrons. The second-order valence-corrected chi connectivity index (χ2v) is 8.40. The van der Waals surface area contributed by atoms with E-state index in [-0.39, 0.29) is 23.3 Å². The Morgan fingerprint density at radius 1 is 1.40 bits per heavy atom. The van der Waals surface area contributed by atoms with Crippen molar-refractivity contribution in [2.45, 2.75) is 19.4 Å². The van der Waals surface area contributed by atoms with Crippen LogP contribution in [0.5, 0.6) is 0 Å². The van der Waals surface area contributed by atoms with Gasteiger partial charge in [0.25, 0.3) is 0 Å². The summed E-state index contributed by atoms with van der Waals surface area (Å²) in [7, 11) is -1.16. The van der Waals surface area contributed by atoms with Gasteiger partial charge in [0, 0.05) is 24.5 Å². The summed E-state index contributed by atoms with van der Waals surface area (Å²) in [5.41, 5.74) is 1.04. The fraction of sp³-hybridized carbons (Fsp3) is 0.500. The molecule has 0 aromatic heterocycles. The molecule has 1 unspecified atom stereocenters. The number of halogens is 1. The molecule has 4 nitrogen and oxygen atoms in total. The molecule has 2 rings (SSSR count). The largest absolute Gasteiger partial charge is 0.341 e. The third-order valence-electron chi connectivity index (χ3n) is 3.58. The van der Waals surface area contributed by atoms with Crippen molar-refractivity contribution < 1.29 is 13.2 Å². The maximum atomic E-state index is 12.1. The Labute approximate surface area is 128 Å². The summed E-state index contributed by atoms with van der Waals surface area (Å²) in [6, 6.07) is 7.77. The van der Waals surface area contributed by atoms with Crippen molar-refractivity contribution in [3.63, 3.8) is 0 Å². The van der Waals surface area contributed by atoms with Crippen molar-refractivity contribution in [1.82, 2.24) is 4.90 Å². The molecule has 1 saturated heterocycles. The lowest BCUT2D eigenvalue weighted by molar-refractivity contribution is -0.131. The van der Waals surface area contributed by atoms with E-state index in [1.165, 1.54) is 0 Å². The van der Waals surface area contributed by atoms with Crippen LogP contribution in [0.2, 0.25) is 0 Å². The summed E-state index contributed by atoms with van der Waals surface area (Å²) >= 11 is 3.46. The second kappa shape index (κ2) is 6.26. The van der Waals surface area contributed by atoms with E-state index in [1.54, 1.807) is 11.9 Å². The third-order valence-corrected chi connectivity index (χ3v) is 6.19. The molecular formula is C14H18BrNO3S. The van der Waals surface area contributed by atoms with Crippen molar-refractivity contribution in [1.29, 1.82) is 0 Å². The molecule has 1 aromatic carbocycles. The van der Waals surface area contributed by atoms with E-state index in [9.17, 15) is 13.2 Å². The van der Waals surface area contributed by atoms with Gasteiger partial charge in [0.1, 0.15) is 0 Å². The highest BCUT2D eigenvalue weighted by atomic mass is 79.9. The van der Waals surface area contributed by atoms with Crippen LogP contribution in [0.4, 0.5) is 0 Å². The minimum absolute atomic E-state index is 0.00264. The van der Waals surface area contributed by atoms with E-state index in [0.717, 1.165) is 10.0 Å². The summed E-state index contributed by atoms with van der Waals surface area (Å²) in [4.78, 5) is 13.8. The van der Waals surface area contributed by atoms with E-state index in [2.05, 4.69) is 15.9 Å². The van der Waals surface area contributed by atoms with Crippen LogP contribution >= 0.6 is 15.9 Å². The van der Waals surface area contributed by atoms with Crippen molar-refractivity contribution in [3.05, 3.63) is 34.3 Å². The zero-order valence-corrected chi connectivity index (χ0v) is 13.8. The summed E-state index contributed by atoms with van der Waals surface area (Å²) in [6.45, 7) is 0.528. The standard InChI is InChI=1S/C14H18BrNO3S/c1-16(9-12-4-2-3-5-13(12)15)14(17)8-11-6-7-20(18,19)10-11/h2-5,11H,6-10H2,1H3. The molecule has 20 heavy (non-hydrogen) atoms. The third kappa shape index (κ3) is 4.06. The van der Waals surface area contributed by atoms with Gasteiger partial charge in [0.05, 0.1) is 11.5 Å². The molecule has 1 amide bonds. The summed E-state index contributed by atoms with van der Waals surface area (Å²) < 4.78 is 23.8. The number of hydrogen-bond acceptors (Lipinski definition) is 3. The van der Waals surface area contributed by atoms with Crippen LogP contribution in [0.25, 0.3) is 0 Å². The number of amides is 1. The topological polar surface area (TPSA) is 54.5 Å². The number of carbonyl (C=O) groups excluding carboxylic acids is 1. The lowest BCUT2D eigenvalue weighted by Gasteiger charge is -2.19. The first-order valence-electron chi connectivity index (χ1n) is 6.55. The predicted molar refractivity (Wildman–Crippen MR) is 82.0 cm³/mol. The number of benzene rings is 1. The highest BCUT2D eigenvalue weighted by Gasteiger charge is 2.30. The van der Waals surface area contributed by atoms with Gasteiger partial charge in [-0.1, -0.05) is 34.1 Å². The molecule has 1 fully saturated rings. The average Bonchev–Trinajstić information content (AvgIpc) is 2.71. The van der Waals surface area contributed by atoms with Gasteiger partial charge in [-0.05, 0) is 24.0 Å². The Morgan fingerprint density at radius 3 is 2.70 bits per heavy atom. The molecular weight excluding hydrogens is 342 g/mol. The maximum absolute atomic E-state index is 12.1. The monoisotopic (exact) mass is 359 g/mol. The molecule has 1 aliphatic heterocycles. The van der Waals surface area contributed by atoms with Crippen molar-refractivity contribution in [2.24, 2.45) is 5.92 Å². The SMILES string of the molecule is CN(Cc1ccccc1Br)C(=O)CC1CCS(=O)(=O)C1. The Kier molecular flexibility index (Phi) is 4.86. The molecule has 1 atom stereocenters. The van der Waals surface area contributed by atoms with Crippen LogP contribution in [0.1, 0.15) is 18.4 Å². The molecule has 110 valence electrons. The highest BCUT2D eigenvalue weighted by molar-refractivity contribution is 9.10. The number of nitrogens with zero attached hydrogens (tertiary/aromatic N) is 1. The number of hydrogen-bond donors (Lipinski definition) is 0. The van der Waals surface area contributed by atoms with Crippen LogP contribution in [0.3, 0.4) is 0 Å². The van der Waals surface area contributed by atoms with Crippen LogP contribution in [0.15, 0.2) is 28.7 Å². The molecule has 1 aliphatic rings. The molecule has 6 heteroatoms. The Morgan fingerprint density at radius 2 is 2.10 bits per heavy atom. The molecule has 1 heterocycles.